The maximum Gasteiger partial charge on any atom is 0.251 e. The number of nitrogens with zero attached hydrogens (tertiary/aromatic N) is 2. The fourth-order valence-electron chi connectivity index (χ4n) is 3.40. The molecule has 2 amide bonds. The zero-order valence-corrected chi connectivity index (χ0v) is 18.2. The molecule has 0 aliphatic heterocycles. The minimum Gasteiger partial charge on any atom is -0.354 e. The summed E-state index contributed by atoms with van der Waals surface area (Å²) in [5.74, 6) is 0.444. The quantitative estimate of drug-likeness (QED) is 0.535. The molecule has 30 heavy (non-hydrogen) atoms. The van der Waals surface area contributed by atoms with E-state index in [0.29, 0.717) is 17.1 Å². The predicted molar refractivity (Wildman–Crippen MR) is 120 cm³/mol. The molecule has 0 fully saturated rings. The molecule has 2 N–H and O–H groups in total. The Morgan fingerprint density at radius 1 is 1.10 bits per heavy atom. The number of carbonyl (C=O) groups excluding carboxylic acids is 2. The first-order chi connectivity index (χ1) is 14.4. The Morgan fingerprint density at radius 3 is 2.50 bits per heavy atom. The van der Waals surface area contributed by atoms with Crippen LogP contribution in [-0.4, -0.2) is 34.0 Å². The van der Waals surface area contributed by atoms with Crippen molar-refractivity contribution in [1.29, 1.82) is 0 Å². The molecule has 1 atom stereocenters. The van der Waals surface area contributed by atoms with Crippen LogP contribution in [0.25, 0.3) is 11.0 Å². The maximum atomic E-state index is 12.7. The van der Waals surface area contributed by atoms with Gasteiger partial charge >= 0.3 is 0 Å². The number of para-hydroxylation sites is 2. The highest BCUT2D eigenvalue weighted by molar-refractivity contribution is 6.30. The molecule has 0 saturated carbocycles. The van der Waals surface area contributed by atoms with Crippen LogP contribution in [0.1, 0.15) is 36.5 Å². The van der Waals surface area contributed by atoms with E-state index < -0.39 is 6.04 Å². The molecule has 0 spiro atoms. The van der Waals surface area contributed by atoms with Crippen molar-refractivity contribution in [2.75, 3.05) is 6.54 Å². The Labute approximate surface area is 181 Å². The molecule has 0 bridgehead atoms. The monoisotopic (exact) mass is 426 g/mol. The van der Waals surface area contributed by atoms with Gasteiger partial charge < -0.3 is 15.2 Å². The first kappa shape index (κ1) is 21.8. The second-order valence-corrected chi connectivity index (χ2v) is 8.08. The van der Waals surface area contributed by atoms with Crippen molar-refractivity contribution >= 4 is 34.4 Å². The van der Waals surface area contributed by atoms with E-state index in [0.717, 1.165) is 29.8 Å². The Bertz CT molecular complexity index is 1030. The smallest absolute Gasteiger partial charge is 0.251 e. The summed E-state index contributed by atoms with van der Waals surface area (Å²) >= 11 is 5.87. The molecule has 1 heterocycles. The molecule has 2 aromatic carbocycles. The minimum absolute atomic E-state index is 0.0407. The van der Waals surface area contributed by atoms with Gasteiger partial charge in [-0.15, -0.1) is 0 Å². The van der Waals surface area contributed by atoms with Crippen molar-refractivity contribution in [3.63, 3.8) is 0 Å². The maximum absolute atomic E-state index is 12.7. The van der Waals surface area contributed by atoms with E-state index >= 15 is 0 Å². The van der Waals surface area contributed by atoms with E-state index in [-0.39, 0.29) is 17.7 Å². The Morgan fingerprint density at radius 2 is 1.80 bits per heavy atom. The highest BCUT2D eigenvalue weighted by atomic mass is 35.5. The number of nitrogens with one attached hydrogen (secondary N) is 2. The number of halogens is 1. The van der Waals surface area contributed by atoms with Gasteiger partial charge in [-0.3, -0.25) is 9.59 Å². The summed E-state index contributed by atoms with van der Waals surface area (Å²) in [6.45, 7) is 7.08. The van der Waals surface area contributed by atoms with Gasteiger partial charge in [-0.25, -0.2) is 4.98 Å². The third-order valence-electron chi connectivity index (χ3n) is 5.05. The Hall–Kier alpha value is -2.86. The number of hydrogen-bond acceptors (Lipinski definition) is 3. The number of imidazole rings is 1. The van der Waals surface area contributed by atoms with Crippen LogP contribution in [0.5, 0.6) is 0 Å². The predicted octanol–water partition coefficient (Wildman–Crippen LogP) is 3.96. The van der Waals surface area contributed by atoms with Gasteiger partial charge in [0.15, 0.2) is 0 Å². The number of fused-ring (bicyclic) bond motifs is 1. The molecule has 158 valence electrons. The van der Waals surface area contributed by atoms with E-state index in [9.17, 15) is 9.59 Å². The largest absolute Gasteiger partial charge is 0.354 e. The first-order valence-corrected chi connectivity index (χ1v) is 10.5. The summed E-state index contributed by atoms with van der Waals surface area (Å²) in [4.78, 5) is 29.7. The Kier molecular flexibility index (Phi) is 7.11. The van der Waals surface area contributed by atoms with Crippen molar-refractivity contribution < 1.29 is 9.59 Å². The lowest BCUT2D eigenvalue weighted by molar-refractivity contribution is -0.123. The van der Waals surface area contributed by atoms with Gasteiger partial charge in [0.1, 0.15) is 11.9 Å². The lowest BCUT2D eigenvalue weighted by atomic mass is 10.0. The summed E-state index contributed by atoms with van der Waals surface area (Å²) in [6, 6.07) is 14.0. The Balaban J connectivity index is 1.54. The highest BCUT2D eigenvalue weighted by Crippen LogP contribution is 2.15. The van der Waals surface area contributed by atoms with Gasteiger partial charge in [-0.1, -0.05) is 37.6 Å². The molecule has 0 saturated heterocycles. The third kappa shape index (κ3) is 5.19. The SMILES string of the molecule is Cc1nc2ccccc2n1CCCNC(=O)C(NC(=O)c1ccc(Cl)cc1)C(C)C. The molecule has 1 aromatic heterocycles. The molecular weight excluding hydrogens is 400 g/mol. The average molecular weight is 427 g/mol. The number of aryl methyl sites for hydroxylation is 2. The van der Waals surface area contributed by atoms with Gasteiger partial charge in [0.05, 0.1) is 11.0 Å². The van der Waals surface area contributed by atoms with Crippen LogP contribution >= 0.6 is 11.6 Å². The normalized spacial score (nSPS) is 12.2. The molecular formula is C23H27ClN4O2. The van der Waals surface area contributed by atoms with E-state index in [1.807, 2.05) is 39.0 Å². The number of carbonyl (C=O) groups is 2. The lowest BCUT2D eigenvalue weighted by Gasteiger charge is -2.22. The van der Waals surface area contributed by atoms with Crippen LogP contribution in [0, 0.1) is 12.8 Å². The molecule has 1 unspecified atom stereocenters. The summed E-state index contributed by atoms with van der Waals surface area (Å²) in [6.07, 6.45) is 0.767. The number of rotatable bonds is 8. The van der Waals surface area contributed by atoms with Crippen LogP contribution in [0.4, 0.5) is 0 Å². The average Bonchev–Trinajstić information content (AvgIpc) is 3.04. The summed E-state index contributed by atoms with van der Waals surface area (Å²) in [7, 11) is 0. The van der Waals surface area contributed by atoms with Crippen LogP contribution in [0.2, 0.25) is 5.02 Å². The fraction of sp³-hybridized carbons (Fsp3) is 0.348. The van der Waals surface area contributed by atoms with Gasteiger partial charge in [0, 0.05) is 23.7 Å². The number of benzene rings is 2. The van der Waals surface area contributed by atoms with Gasteiger partial charge in [0.25, 0.3) is 5.91 Å². The molecule has 3 rings (SSSR count). The zero-order chi connectivity index (χ0) is 21.7. The molecule has 0 aliphatic rings. The van der Waals surface area contributed by atoms with E-state index in [4.69, 9.17) is 11.6 Å². The molecule has 0 radical (unpaired) electrons. The topological polar surface area (TPSA) is 76.0 Å². The first-order valence-electron chi connectivity index (χ1n) is 10.1. The standard InChI is InChI=1S/C23H27ClN4O2/c1-15(2)21(27-22(29)17-9-11-18(24)12-10-17)23(30)25-13-6-14-28-16(3)26-19-7-4-5-8-20(19)28/h4-5,7-12,15,21H,6,13-14H2,1-3H3,(H,25,30)(H,27,29). The lowest BCUT2D eigenvalue weighted by Crippen LogP contribution is -2.49. The van der Waals surface area contributed by atoms with Gasteiger partial charge in [-0.2, -0.15) is 0 Å². The zero-order valence-electron chi connectivity index (χ0n) is 17.5. The van der Waals surface area contributed by atoms with Crippen LogP contribution in [0.15, 0.2) is 48.5 Å². The number of aromatic nitrogens is 2. The van der Waals surface area contributed by atoms with Crippen LogP contribution in [0.3, 0.4) is 0 Å². The second kappa shape index (κ2) is 9.76. The van der Waals surface area contributed by atoms with E-state index in [2.05, 4.69) is 26.3 Å². The molecule has 3 aromatic rings. The molecule has 0 aliphatic carbocycles. The van der Waals surface area contributed by atoms with Crippen LogP contribution < -0.4 is 10.6 Å². The highest BCUT2D eigenvalue weighted by Gasteiger charge is 2.24. The van der Waals surface area contributed by atoms with Crippen molar-refractivity contribution in [3.8, 4) is 0 Å². The van der Waals surface area contributed by atoms with Crippen molar-refractivity contribution in [2.45, 2.75) is 39.8 Å². The number of hydrogen-bond donors (Lipinski definition) is 2. The fourth-order valence-corrected chi connectivity index (χ4v) is 3.52. The van der Waals surface area contributed by atoms with Gasteiger partial charge in [0.2, 0.25) is 5.91 Å². The summed E-state index contributed by atoms with van der Waals surface area (Å²) in [5, 5.41) is 6.34. The number of amides is 2. The molecule has 7 heteroatoms. The minimum atomic E-state index is -0.607. The summed E-state index contributed by atoms with van der Waals surface area (Å²) < 4.78 is 2.16. The van der Waals surface area contributed by atoms with Crippen molar-refractivity contribution in [1.82, 2.24) is 20.2 Å². The second-order valence-electron chi connectivity index (χ2n) is 7.65. The van der Waals surface area contributed by atoms with Gasteiger partial charge in [-0.05, 0) is 55.7 Å². The third-order valence-corrected chi connectivity index (χ3v) is 5.30. The van der Waals surface area contributed by atoms with Crippen molar-refractivity contribution in [2.24, 2.45) is 5.92 Å². The van der Waals surface area contributed by atoms with Crippen molar-refractivity contribution in [3.05, 3.63) is 64.9 Å². The molecule has 6 nitrogen and oxygen atoms in total. The van der Waals surface area contributed by atoms with E-state index in [1.165, 1.54) is 0 Å². The van der Waals surface area contributed by atoms with Crippen LogP contribution in [-0.2, 0) is 11.3 Å². The summed E-state index contributed by atoms with van der Waals surface area (Å²) in [5.41, 5.74) is 2.54. The van der Waals surface area contributed by atoms with E-state index in [1.54, 1.807) is 24.3 Å².